The van der Waals surface area contributed by atoms with Gasteiger partial charge in [-0.25, -0.2) is 4.39 Å². The third kappa shape index (κ3) is 1.40. The highest BCUT2D eigenvalue weighted by atomic mass is 19.1. The summed E-state index contributed by atoms with van der Waals surface area (Å²) in [5.74, 6) is -0.244. The van der Waals surface area contributed by atoms with Gasteiger partial charge in [-0.1, -0.05) is 18.7 Å². The highest BCUT2D eigenvalue weighted by Gasteiger charge is 2.01. The molecule has 0 fully saturated rings. The van der Waals surface area contributed by atoms with Gasteiger partial charge in [-0.2, -0.15) is 0 Å². The lowest BCUT2D eigenvalue weighted by Gasteiger charge is -2.04. The quantitative estimate of drug-likeness (QED) is 0.684. The Labute approximate surface area is 65.6 Å². The van der Waals surface area contributed by atoms with Crippen LogP contribution in [0.3, 0.4) is 0 Å². The van der Waals surface area contributed by atoms with E-state index in [2.05, 4.69) is 11.9 Å². The van der Waals surface area contributed by atoms with Crippen molar-refractivity contribution in [2.75, 3.05) is 12.4 Å². The number of halogens is 1. The predicted octanol–water partition coefficient (Wildman–Crippen LogP) is 2.51. The van der Waals surface area contributed by atoms with Crippen LogP contribution in [0, 0.1) is 5.82 Å². The molecule has 0 atom stereocenters. The van der Waals surface area contributed by atoms with E-state index in [9.17, 15) is 4.39 Å². The second-order valence-corrected chi connectivity index (χ2v) is 2.16. The lowest BCUT2D eigenvalue weighted by molar-refractivity contribution is 0.625. The van der Waals surface area contributed by atoms with Crippen LogP contribution >= 0.6 is 0 Å². The van der Waals surface area contributed by atoms with Crippen LogP contribution < -0.4 is 5.32 Å². The molecule has 0 unspecified atom stereocenters. The Morgan fingerprint density at radius 3 is 2.73 bits per heavy atom. The highest BCUT2D eigenvalue weighted by molar-refractivity contribution is 5.65. The summed E-state index contributed by atoms with van der Waals surface area (Å²) in [7, 11) is 1.75. The Bertz CT molecular complexity index is 268. The van der Waals surface area contributed by atoms with Crippen LogP contribution in [0.4, 0.5) is 10.1 Å². The SMILES string of the molecule is C=Cc1c(F)cccc1NC. The summed E-state index contributed by atoms with van der Waals surface area (Å²) >= 11 is 0. The maximum absolute atomic E-state index is 12.9. The monoisotopic (exact) mass is 151 g/mol. The molecule has 0 heterocycles. The Morgan fingerprint density at radius 1 is 1.55 bits per heavy atom. The molecule has 0 saturated carbocycles. The Hall–Kier alpha value is -1.31. The van der Waals surface area contributed by atoms with E-state index >= 15 is 0 Å². The molecule has 58 valence electrons. The van der Waals surface area contributed by atoms with Crippen molar-refractivity contribution < 1.29 is 4.39 Å². The molecule has 1 nitrogen and oxygen atoms in total. The zero-order valence-electron chi connectivity index (χ0n) is 6.39. The molecule has 0 saturated heterocycles. The molecule has 0 radical (unpaired) electrons. The van der Waals surface area contributed by atoms with Gasteiger partial charge in [0.25, 0.3) is 0 Å². The number of rotatable bonds is 2. The number of anilines is 1. The van der Waals surface area contributed by atoms with Gasteiger partial charge in [0.2, 0.25) is 0 Å². The van der Waals surface area contributed by atoms with Crippen LogP contribution in [0.5, 0.6) is 0 Å². The Kier molecular flexibility index (Phi) is 2.26. The molecule has 11 heavy (non-hydrogen) atoms. The molecule has 0 aliphatic carbocycles. The van der Waals surface area contributed by atoms with Crippen molar-refractivity contribution in [2.24, 2.45) is 0 Å². The molecule has 1 aromatic rings. The highest BCUT2D eigenvalue weighted by Crippen LogP contribution is 2.18. The molecule has 0 aromatic heterocycles. The fourth-order valence-electron chi connectivity index (χ4n) is 0.962. The molecule has 0 aliphatic rings. The third-order valence-electron chi connectivity index (χ3n) is 1.53. The zero-order valence-corrected chi connectivity index (χ0v) is 6.39. The normalized spacial score (nSPS) is 9.27. The first-order valence-electron chi connectivity index (χ1n) is 3.38. The van der Waals surface area contributed by atoms with Crippen LogP contribution in [0.1, 0.15) is 5.56 Å². The number of hydrogen-bond acceptors (Lipinski definition) is 1. The summed E-state index contributed by atoms with van der Waals surface area (Å²) in [6.07, 6.45) is 1.50. The van der Waals surface area contributed by atoms with Crippen molar-refractivity contribution in [2.45, 2.75) is 0 Å². The van der Waals surface area contributed by atoms with Crippen LogP contribution in [-0.4, -0.2) is 7.05 Å². The van der Waals surface area contributed by atoms with Gasteiger partial charge in [-0.15, -0.1) is 0 Å². The van der Waals surface area contributed by atoms with Crippen LogP contribution in [0.25, 0.3) is 6.08 Å². The van der Waals surface area contributed by atoms with Gasteiger partial charge in [0.15, 0.2) is 0 Å². The minimum absolute atomic E-state index is 0.244. The molecule has 2 heteroatoms. The topological polar surface area (TPSA) is 12.0 Å². The van der Waals surface area contributed by atoms with Crippen LogP contribution in [0.2, 0.25) is 0 Å². The second kappa shape index (κ2) is 3.19. The van der Waals surface area contributed by atoms with E-state index in [4.69, 9.17) is 0 Å². The minimum Gasteiger partial charge on any atom is -0.388 e. The molecule has 1 aromatic carbocycles. The van der Waals surface area contributed by atoms with E-state index in [0.29, 0.717) is 5.56 Å². The Morgan fingerprint density at radius 2 is 2.27 bits per heavy atom. The minimum atomic E-state index is -0.244. The molecule has 0 spiro atoms. The van der Waals surface area contributed by atoms with Crippen molar-refractivity contribution in [1.29, 1.82) is 0 Å². The number of nitrogens with one attached hydrogen (secondary N) is 1. The van der Waals surface area contributed by atoms with Crippen molar-refractivity contribution in [3.05, 3.63) is 36.2 Å². The van der Waals surface area contributed by atoms with Crippen LogP contribution in [-0.2, 0) is 0 Å². The van der Waals surface area contributed by atoms with Gasteiger partial charge in [-0.3, -0.25) is 0 Å². The predicted molar refractivity (Wildman–Crippen MR) is 46.0 cm³/mol. The molecule has 0 bridgehead atoms. The van der Waals surface area contributed by atoms with Crippen molar-refractivity contribution in [3.8, 4) is 0 Å². The maximum atomic E-state index is 12.9. The summed E-state index contributed by atoms with van der Waals surface area (Å²) < 4.78 is 12.9. The van der Waals surface area contributed by atoms with E-state index in [-0.39, 0.29) is 5.82 Å². The molecule has 0 amide bonds. The first-order valence-corrected chi connectivity index (χ1v) is 3.38. The van der Waals surface area contributed by atoms with Gasteiger partial charge >= 0.3 is 0 Å². The summed E-state index contributed by atoms with van der Waals surface area (Å²) in [4.78, 5) is 0. The molecular formula is C9H10FN. The third-order valence-corrected chi connectivity index (χ3v) is 1.53. The second-order valence-electron chi connectivity index (χ2n) is 2.16. The van der Waals surface area contributed by atoms with Gasteiger partial charge in [0, 0.05) is 18.3 Å². The average molecular weight is 151 g/mol. The summed E-state index contributed by atoms with van der Waals surface area (Å²) in [6.45, 7) is 3.52. The van der Waals surface area contributed by atoms with E-state index in [0.717, 1.165) is 5.69 Å². The van der Waals surface area contributed by atoms with Crippen LogP contribution in [0.15, 0.2) is 24.8 Å². The van der Waals surface area contributed by atoms with Gasteiger partial charge in [0.1, 0.15) is 5.82 Å². The number of benzene rings is 1. The Balaban J connectivity index is 3.24. The fourth-order valence-corrected chi connectivity index (χ4v) is 0.962. The first-order chi connectivity index (χ1) is 5.29. The maximum Gasteiger partial charge on any atom is 0.132 e. The van der Waals surface area contributed by atoms with Gasteiger partial charge in [-0.05, 0) is 12.1 Å². The standard InChI is InChI=1S/C9H10FN/c1-3-7-8(10)5-4-6-9(7)11-2/h3-6,11H,1H2,2H3. The lowest BCUT2D eigenvalue weighted by Crippen LogP contribution is -1.93. The lowest BCUT2D eigenvalue weighted by atomic mass is 10.1. The van der Waals surface area contributed by atoms with E-state index in [1.54, 1.807) is 19.2 Å². The van der Waals surface area contributed by atoms with Gasteiger partial charge < -0.3 is 5.32 Å². The smallest absolute Gasteiger partial charge is 0.132 e. The molecular weight excluding hydrogens is 141 g/mol. The zero-order chi connectivity index (χ0) is 8.27. The van der Waals surface area contributed by atoms with E-state index in [1.807, 2.05) is 0 Å². The molecule has 0 aliphatic heterocycles. The fraction of sp³-hybridized carbons (Fsp3) is 0.111. The van der Waals surface area contributed by atoms with Gasteiger partial charge in [0.05, 0.1) is 0 Å². The molecule has 1 N–H and O–H groups in total. The summed E-state index contributed by atoms with van der Waals surface area (Å²) in [5, 5.41) is 2.88. The average Bonchev–Trinajstić information content (AvgIpc) is 2.04. The summed E-state index contributed by atoms with van der Waals surface area (Å²) in [6, 6.07) is 4.88. The van der Waals surface area contributed by atoms with Crippen molar-refractivity contribution in [3.63, 3.8) is 0 Å². The largest absolute Gasteiger partial charge is 0.388 e. The summed E-state index contributed by atoms with van der Waals surface area (Å²) in [5.41, 5.74) is 1.29. The van der Waals surface area contributed by atoms with Crippen molar-refractivity contribution in [1.82, 2.24) is 0 Å². The van der Waals surface area contributed by atoms with E-state index < -0.39 is 0 Å². The number of hydrogen-bond donors (Lipinski definition) is 1. The van der Waals surface area contributed by atoms with Crippen molar-refractivity contribution >= 4 is 11.8 Å². The molecule has 1 rings (SSSR count). The van der Waals surface area contributed by atoms with E-state index in [1.165, 1.54) is 12.1 Å². The first kappa shape index (κ1) is 7.79.